The first-order chi connectivity index (χ1) is 15.2. The van der Waals surface area contributed by atoms with E-state index in [0.29, 0.717) is 13.2 Å². The first kappa shape index (κ1) is 20.4. The summed E-state index contributed by atoms with van der Waals surface area (Å²) in [6, 6.07) is 1.97. The van der Waals surface area contributed by atoms with E-state index in [4.69, 9.17) is 14.8 Å². The van der Waals surface area contributed by atoms with Gasteiger partial charge in [-0.25, -0.2) is 9.97 Å². The van der Waals surface area contributed by atoms with E-state index >= 15 is 0 Å². The summed E-state index contributed by atoms with van der Waals surface area (Å²) in [5, 5.41) is 4.82. The zero-order valence-electron chi connectivity index (χ0n) is 18.4. The molecular formula is C23H32N6O2. The second-order valence-corrected chi connectivity index (χ2v) is 9.02. The van der Waals surface area contributed by atoms with Gasteiger partial charge in [-0.2, -0.15) is 5.10 Å². The van der Waals surface area contributed by atoms with Crippen LogP contribution >= 0.6 is 0 Å². The van der Waals surface area contributed by atoms with E-state index in [1.807, 2.05) is 28.9 Å². The van der Waals surface area contributed by atoms with Crippen molar-refractivity contribution < 1.29 is 9.53 Å². The summed E-state index contributed by atoms with van der Waals surface area (Å²) in [4.78, 5) is 26.7. The number of amides is 1. The van der Waals surface area contributed by atoms with Gasteiger partial charge < -0.3 is 14.5 Å². The molecule has 2 atom stereocenters. The molecule has 1 amide bonds. The second-order valence-electron chi connectivity index (χ2n) is 9.02. The molecular weight excluding hydrogens is 392 g/mol. The summed E-state index contributed by atoms with van der Waals surface area (Å²) in [5.41, 5.74) is 3.01. The Hall–Kier alpha value is -2.48. The molecule has 166 valence electrons. The summed E-state index contributed by atoms with van der Waals surface area (Å²) < 4.78 is 7.63. The highest BCUT2D eigenvalue weighted by molar-refractivity contribution is 5.81. The highest BCUT2D eigenvalue weighted by Crippen LogP contribution is 2.34. The van der Waals surface area contributed by atoms with Crippen LogP contribution in [0.3, 0.4) is 0 Å². The molecule has 8 heteroatoms. The Labute approximate surface area is 183 Å². The molecule has 3 aliphatic rings. The van der Waals surface area contributed by atoms with E-state index in [1.54, 1.807) is 0 Å². The predicted molar refractivity (Wildman–Crippen MR) is 118 cm³/mol. The third kappa shape index (κ3) is 4.31. The van der Waals surface area contributed by atoms with Crippen molar-refractivity contribution in [1.29, 1.82) is 0 Å². The first-order valence-corrected chi connectivity index (χ1v) is 11.7. The summed E-state index contributed by atoms with van der Waals surface area (Å²) in [6.45, 7) is 4.25. The maximum Gasteiger partial charge on any atom is 0.251 e. The normalized spacial score (nSPS) is 24.5. The lowest BCUT2D eigenvalue weighted by molar-refractivity contribution is -0.147. The predicted octanol–water partition coefficient (Wildman–Crippen LogP) is 2.75. The summed E-state index contributed by atoms with van der Waals surface area (Å²) >= 11 is 0. The van der Waals surface area contributed by atoms with E-state index in [-0.39, 0.29) is 17.9 Å². The van der Waals surface area contributed by atoms with Gasteiger partial charge in [0.25, 0.3) is 5.91 Å². The Kier molecular flexibility index (Phi) is 5.89. The van der Waals surface area contributed by atoms with Gasteiger partial charge in [-0.15, -0.1) is 0 Å². The fraction of sp³-hybridized carbons (Fsp3) is 0.652. The zero-order chi connectivity index (χ0) is 21.2. The van der Waals surface area contributed by atoms with E-state index in [0.717, 1.165) is 74.6 Å². The van der Waals surface area contributed by atoms with Gasteiger partial charge in [0, 0.05) is 63.7 Å². The van der Waals surface area contributed by atoms with Crippen molar-refractivity contribution in [2.75, 3.05) is 37.7 Å². The van der Waals surface area contributed by atoms with Crippen LogP contribution in [0.1, 0.15) is 56.6 Å². The molecule has 3 saturated heterocycles. The van der Waals surface area contributed by atoms with E-state index in [9.17, 15) is 4.79 Å². The van der Waals surface area contributed by atoms with Crippen LogP contribution < -0.4 is 4.90 Å². The average molecular weight is 425 g/mol. The zero-order valence-corrected chi connectivity index (χ0v) is 18.4. The molecule has 0 radical (unpaired) electrons. The average Bonchev–Trinajstić information content (AvgIpc) is 3.49. The molecule has 0 aromatic carbocycles. The number of hydrogen-bond acceptors (Lipinski definition) is 6. The molecule has 3 fully saturated rings. The number of carbonyl (C=O) groups excluding carboxylic acids is 1. The molecule has 0 N–H and O–H groups in total. The minimum Gasteiger partial charge on any atom is -0.368 e. The Morgan fingerprint density at radius 3 is 2.77 bits per heavy atom. The third-order valence-electron chi connectivity index (χ3n) is 6.74. The van der Waals surface area contributed by atoms with E-state index < -0.39 is 0 Å². The molecule has 5 heterocycles. The van der Waals surface area contributed by atoms with Crippen molar-refractivity contribution in [3.63, 3.8) is 0 Å². The van der Waals surface area contributed by atoms with Crippen molar-refractivity contribution >= 4 is 11.9 Å². The monoisotopic (exact) mass is 424 g/mol. The lowest BCUT2D eigenvalue weighted by atomic mass is 9.91. The summed E-state index contributed by atoms with van der Waals surface area (Å²) in [7, 11) is 1.96. The number of likely N-dealkylation sites (tertiary alicyclic amines) is 1. The Morgan fingerprint density at radius 2 is 1.97 bits per heavy atom. The van der Waals surface area contributed by atoms with Crippen molar-refractivity contribution in [1.82, 2.24) is 24.6 Å². The standard InChI is InChI=1S/C23H32N6O2/c1-27-16-18(19-9-10-24-23(25-19)28-11-3-4-12-28)21(26-27)17-7-6-13-29(15-17)22(30)20-8-2-5-14-31-20/h9-10,16-17,20H,2-8,11-15H2,1H3. The van der Waals surface area contributed by atoms with Gasteiger partial charge >= 0.3 is 0 Å². The summed E-state index contributed by atoms with van der Waals surface area (Å²) in [6.07, 6.45) is 11.0. The number of nitrogens with zero attached hydrogens (tertiary/aromatic N) is 6. The molecule has 2 aromatic heterocycles. The van der Waals surface area contributed by atoms with Crippen molar-refractivity contribution in [3.8, 4) is 11.3 Å². The number of anilines is 1. The van der Waals surface area contributed by atoms with Gasteiger partial charge in [-0.3, -0.25) is 9.48 Å². The minimum atomic E-state index is -0.263. The maximum absolute atomic E-state index is 13.0. The van der Waals surface area contributed by atoms with Crippen LogP contribution in [0.15, 0.2) is 18.5 Å². The first-order valence-electron chi connectivity index (χ1n) is 11.7. The Bertz CT molecular complexity index is 917. The smallest absolute Gasteiger partial charge is 0.251 e. The Balaban J connectivity index is 1.37. The van der Waals surface area contributed by atoms with Gasteiger partial charge in [0.1, 0.15) is 6.10 Å². The van der Waals surface area contributed by atoms with Gasteiger partial charge in [-0.05, 0) is 51.0 Å². The number of aryl methyl sites for hydroxylation is 1. The van der Waals surface area contributed by atoms with E-state index in [2.05, 4.69) is 16.1 Å². The van der Waals surface area contributed by atoms with Gasteiger partial charge in [-0.1, -0.05) is 0 Å². The van der Waals surface area contributed by atoms with Crippen molar-refractivity contribution in [2.45, 2.75) is 57.0 Å². The van der Waals surface area contributed by atoms with Crippen LogP contribution in [-0.2, 0) is 16.6 Å². The number of carbonyl (C=O) groups is 1. The fourth-order valence-electron chi connectivity index (χ4n) is 5.11. The minimum absolute atomic E-state index is 0.153. The molecule has 0 saturated carbocycles. The highest BCUT2D eigenvalue weighted by Gasteiger charge is 2.33. The molecule has 3 aliphatic heterocycles. The van der Waals surface area contributed by atoms with Crippen LogP contribution in [0, 0.1) is 0 Å². The fourth-order valence-corrected chi connectivity index (χ4v) is 5.11. The largest absolute Gasteiger partial charge is 0.368 e. The van der Waals surface area contributed by atoms with Crippen molar-refractivity contribution in [2.24, 2.45) is 7.05 Å². The van der Waals surface area contributed by atoms with Crippen LogP contribution in [0.25, 0.3) is 11.3 Å². The molecule has 2 unspecified atom stereocenters. The maximum atomic E-state index is 13.0. The molecule has 0 aliphatic carbocycles. The van der Waals surface area contributed by atoms with Gasteiger partial charge in [0.15, 0.2) is 0 Å². The summed E-state index contributed by atoms with van der Waals surface area (Å²) in [5.74, 6) is 1.17. The second kappa shape index (κ2) is 8.94. The molecule has 0 bridgehead atoms. The lowest BCUT2D eigenvalue weighted by Crippen LogP contribution is -2.46. The van der Waals surface area contributed by atoms with Gasteiger partial charge in [0.05, 0.1) is 11.4 Å². The number of aromatic nitrogens is 4. The van der Waals surface area contributed by atoms with Crippen LogP contribution in [0.5, 0.6) is 0 Å². The topological polar surface area (TPSA) is 76.4 Å². The highest BCUT2D eigenvalue weighted by atomic mass is 16.5. The molecule has 2 aromatic rings. The number of piperidine rings is 1. The van der Waals surface area contributed by atoms with Crippen molar-refractivity contribution in [3.05, 3.63) is 24.2 Å². The lowest BCUT2D eigenvalue weighted by Gasteiger charge is -2.35. The number of hydrogen-bond donors (Lipinski definition) is 0. The van der Waals surface area contributed by atoms with Crippen LogP contribution in [0.4, 0.5) is 5.95 Å². The van der Waals surface area contributed by atoms with Crippen LogP contribution in [0.2, 0.25) is 0 Å². The number of rotatable bonds is 4. The molecule has 5 rings (SSSR count). The van der Waals surface area contributed by atoms with Gasteiger partial charge in [0.2, 0.25) is 5.95 Å². The Morgan fingerprint density at radius 1 is 1.10 bits per heavy atom. The third-order valence-corrected chi connectivity index (χ3v) is 6.74. The molecule has 31 heavy (non-hydrogen) atoms. The molecule has 8 nitrogen and oxygen atoms in total. The quantitative estimate of drug-likeness (QED) is 0.751. The van der Waals surface area contributed by atoms with Crippen LogP contribution in [-0.4, -0.2) is 69.4 Å². The number of ether oxygens (including phenoxy) is 1. The van der Waals surface area contributed by atoms with E-state index in [1.165, 1.54) is 12.8 Å². The molecule has 0 spiro atoms. The SMILES string of the molecule is Cn1cc(-c2ccnc(N3CCCC3)n2)c(C2CCCN(C(=O)C3CCCCO3)C2)n1.